The van der Waals surface area contributed by atoms with Crippen molar-refractivity contribution in [3.05, 3.63) is 29.3 Å². The summed E-state index contributed by atoms with van der Waals surface area (Å²) in [5.74, 6) is 0.803. The number of methoxy groups -OCH3 is 1. The Labute approximate surface area is 96.0 Å². The van der Waals surface area contributed by atoms with Crippen LogP contribution in [0.5, 0.6) is 5.75 Å². The molecule has 1 amide bonds. The van der Waals surface area contributed by atoms with Crippen LogP contribution < -0.4 is 4.74 Å². The first-order valence-electron chi connectivity index (χ1n) is 5.67. The fourth-order valence-electron chi connectivity index (χ4n) is 2.18. The van der Waals surface area contributed by atoms with Crippen LogP contribution in [0, 0.1) is 6.92 Å². The second-order valence-corrected chi connectivity index (χ2v) is 4.16. The van der Waals surface area contributed by atoms with E-state index in [1.54, 1.807) is 7.11 Å². The lowest BCUT2D eigenvalue weighted by atomic mass is 10.1. The number of hydrogen-bond donors (Lipinski definition) is 0. The molecule has 2 rings (SSSR count). The quantitative estimate of drug-likeness (QED) is 0.763. The fraction of sp³-hybridized carbons (Fsp3) is 0.462. The van der Waals surface area contributed by atoms with E-state index in [4.69, 9.17) is 4.74 Å². The molecule has 3 heteroatoms. The highest BCUT2D eigenvalue weighted by atomic mass is 16.5. The highest BCUT2D eigenvalue weighted by molar-refractivity contribution is 5.97. The van der Waals surface area contributed by atoms with E-state index < -0.39 is 0 Å². The third-order valence-electron chi connectivity index (χ3n) is 3.04. The summed E-state index contributed by atoms with van der Waals surface area (Å²) >= 11 is 0. The molecule has 1 aliphatic heterocycles. The van der Waals surface area contributed by atoms with Crippen molar-refractivity contribution in [1.82, 2.24) is 4.90 Å². The van der Waals surface area contributed by atoms with Crippen molar-refractivity contribution in [2.45, 2.75) is 19.8 Å². The van der Waals surface area contributed by atoms with Crippen molar-refractivity contribution in [3.63, 3.8) is 0 Å². The van der Waals surface area contributed by atoms with E-state index in [0.29, 0.717) is 11.3 Å². The van der Waals surface area contributed by atoms with Crippen molar-refractivity contribution in [2.24, 2.45) is 0 Å². The number of amides is 1. The van der Waals surface area contributed by atoms with E-state index in [-0.39, 0.29) is 5.91 Å². The summed E-state index contributed by atoms with van der Waals surface area (Å²) in [4.78, 5) is 14.1. The lowest BCUT2D eigenvalue weighted by Crippen LogP contribution is -2.28. The molecule has 1 saturated heterocycles. The van der Waals surface area contributed by atoms with Gasteiger partial charge in [0.2, 0.25) is 0 Å². The van der Waals surface area contributed by atoms with Gasteiger partial charge in [-0.1, -0.05) is 12.1 Å². The Kier molecular flexibility index (Phi) is 3.13. The number of rotatable bonds is 2. The Morgan fingerprint density at radius 3 is 2.62 bits per heavy atom. The Hall–Kier alpha value is -1.51. The number of likely N-dealkylation sites (tertiary alicyclic amines) is 1. The highest BCUT2D eigenvalue weighted by Crippen LogP contribution is 2.25. The molecule has 0 saturated carbocycles. The van der Waals surface area contributed by atoms with Gasteiger partial charge in [-0.2, -0.15) is 0 Å². The van der Waals surface area contributed by atoms with Crippen LogP contribution in [0.2, 0.25) is 0 Å². The van der Waals surface area contributed by atoms with Gasteiger partial charge >= 0.3 is 0 Å². The number of para-hydroxylation sites is 1. The van der Waals surface area contributed by atoms with Crippen molar-refractivity contribution >= 4 is 5.91 Å². The molecule has 3 nitrogen and oxygen atoms in total. The van der Waals surface area contributed by atoms with Crippen LogP contribution in [-0.4, -0.2) is 31.0 Å². The molecule has 1 aromatic rings. The van der Waals surface area contributed by atoms with Crippen LogP contribution in [0.25, 0.3) is 0 Å². The average molecular weight is 219 g/mol. The zero-order valence-electron chi connectivity index (χ0n) is 9.82. The molecular formula is C13H17NO2. The smallest absolute Gasteiger partial charge is 0.257 e. The Morgan fingerprint density at radius 1 is 1.31 bits per heavy atom. The predicted octanol–water partition coefficient (Wildman–Crippen LogP) is 2.24. The van der Waals surface area contributed by atoms with Crippen molar-refractivity contribution in [3.8, 4) is 5.75 Å². The number of benzene rings is 1. The van der Waals surface area contributed by atoms with Crippen molar-refractivity contribution in [2.75, 3.05) is 20.2 Å². The molecule has 0 bridgehead atoms. The average Bonchev–Trinajstić information content (AvgIpc) is 2.81. The molecule has 0 unspecified atom stereocenters. The lowest BCUT2D eigenvalue weighted by Gasteiger charge is -2.18. The number of ether oxygens (including phenoxy) is 1. The zero-order valence-corrected chi connectivity index (χ0v) is 9.82. The molecule has 0 N–H and O–H groups in total. The Bertz CT molecular complexity index is 395. The van der Waals surface area contributed by atoms with Crippen LogP contribution in [0.4, 0.5) is 0 Å². The highest BCUT2D eigenvalue weighted by Gasteiger charge is 2.22. The maximum Gasteiger partial charge on any atom is 0.257 e. The third-order valence-corrected chi connectivity index (χ3v) is 3.04. The van der Waals surface area contributed by atoms with Crippen LogP contribution in [0.1, 0.15) is 28.8 Å². The van der Waals surface area contributed by atoms with E-state index in [2.05, 4.69) is 0 Å². The SMILES string of the molecule is COc1c(C)cccc1C(=O)N1CCCC1. The molecule has 16 heavy (non-hydrogen) atoms. The van der Waals surface area contributed by atoms with E-state index in [1.165, 1.54) is 0 Å². The van der Waals surface area contributed by atoms with Crippen molar-refractivity contribution in [1.29, 1.82) is 0 Å². The Balaban J connectivity index is 2.31. The number of carbonyl (C=O) groups is 1. The number of nitrogens with zero attached hydrogens (tertiary/aromatic N) is 1. The lowest BCUT2D eigenvalue weighted by molar-refractivity contribution is 0.0789. The van der Waals surface area contributed by atoms with Crippen LogP contribution in [0.15, 0.2) is 18.2 Å². The van der Waals surface area contributed by atoms with E-state index in [0.717, 1.165) is 31.5 Å². The molecule has 0 aliphatic carbocycles. The number of aryl methyl sites for hydroxylation is 1. The molecule has 1 aromatic carbocycles. The van der Waals surface area contributed by atoms with E-state index in [1.807, 2.05) is 30.0 Å². The summed E-state index contributed by atoms with van der Waals surface area (Å²) in [6.45, 7) is 3.70. The largest absolute Gasteiger partial charge is 0.496 e. The number of hydrogen-bond acceptors (Lipinski definition) is 2. The molecular weight excluding hydrogens is 202 g/mol. The first-order valence-corrected chi connectivity index (χ1v) is 5.67. The van der Waals surface area contributed by atoms with Gasteiger partial charge in [0.25, 0.3) is 5.91 Å². The zero-order chi connectivity index (χ0) is 11.5. The number of carbonyl (C=O) groups excluding carboxylic acids is 1. The normalized spacial score (nSPS) is 15.2. The summed E-state index contributed by atoms with van der Waals surface area (Å²) in [5.41, 5.74) is 1.69. The molecule has 0 radical (unpaired) electrons. The van der Waals surface area contributed by atoms with Gasteiger partial charge in [-0.25, -0.2) is 0 Å². The first-order chi connectivity index (χ1) is 7.74. The van der Waals surface area contributed by atoms with Gasteiger partial charge in [-0.15, -0.1) is 0 Å². The second-order valence-electron chi connectivity index (χ2n) is 4.16. The molecule has 1 fully saturated rings. The van der Waals surface area contributed by atoms with E-state index in [9.17, 15) is 4.79 Å². The van der Waals surface area contributed by atoms with Crippen molar-refractivity contribution < 1.29 is 9.53 Å². The minimum absolute atomic E-state index is 0.0954. The first kappa shape index (κ1) is 11.0. The summed E-state index contributed by atoms with van der Waals surface area (Å²) in [6.07, 6.45) is 2.22. The second kappa shape index (κ2) is 4.56. The molecule has 0 atom stereocenters. The molecule has 86 valence electrons. The molecule has 0 aromatic heterocycles. The standard InChI is InChI=1S/C13H17NO2/c1-10-6-5-7-11(12(10)16-2)13(15)14-8-3-4-9-14/h5-7H,3-4,8-9H2,1-2H3. The van der Waals surface area contributed by atoms with Gasteiger partial charge in [0.05, 0.1) is 12.7 Å². The maximum atomic E-state index is 12.2. The van der Waals surface area contributed by atoms with Crippen LogP contribution in [-0.2, 0) is 0 Å². The maximum absolute atomic E-state index is 12.2. The monoisotopic (exact) mass is 219 g/mol. The fourth-order valence-corrected chi connectivity index (χ4v) is 2.18. The van der Waals surface area contributed by atoms with Crippen LogP contribution >= 0.6 is 0 Å². The minimum atomic E-state index is 0.0954. The summed E-state index contributed by atoms with van der Waals surface area (Å²) < 4.78 is 5.31. The van der Waals surface area contributed by atoms with Crippen LogP contribution in [0.3, 0.4) is 0 Å². The topological polar surface area (TPSA) is 29.5 Å². The van der Waals surface area contributed by atoms with E-state index >= 15 is 0 Å². The van der Waals surface area contributed by atoms with Gasteiger partial charge in [-0.3, -0.25) is 4.79 Å². The summed E-state index contributed by atoms with van der Waals surface area (Å²) in [7, 11) is 1.61. The Morgan fingerprint density at radius 2 is 2.00 bits per heavy atom. The van der Waals surface area contributed by atoms with Gasteiger partial charge < -0.3 is 9.64 Å². The molecule has 0 spiro atoms. The van der Waals surface area contributed by atoms with Gasteiger partial charge in [0.1, 0.15) is 5.75 Å². The van der Waals surface area contributed by atoms with Gasteiger partial charge in [0.15, 0.2) is 0 Å². The minimum Gasteiger partial charge on any atom is -0.496 e. The third kappa shape index (κ3) is 1.90. The molecule has 1 heterocycles. The molecule has 1 aliphatic rings. The summed E-state index contributed by atoms with van der Waals surface area (Å²) in [6, 6.07) is 5.70. The summed E-state index contributed by atoms with van der Waals surface area (Å²) in [5, 5.41) is 0. The van der Waals surface area contributed by atoms with Gasteiger partial charge in [-0.05, 0) is 31.4 Å². The predicted molar refractivity (Wildman–Crippen MR) is 62.9 cm³/mol. The van der Waals surface area contributed by atoms with Gasteiger partial charge in [0, 0.05) is 13.1 Å².